The molecule has 5 heteroatoms. The molecule has 1 amide bonds. The second-order valence-electron chi connectivity index (χ2n) is 5.35. The molecule has 0 aromatic heterocycles. The average Bonchev–Trinajstić information content (AvgIpc) is 3.18. The Hall–Kier alpha value is -1.91. The van der Waals surface area contributed by atoms with Gasteiger partial charge in [0, 0.05) is 18.7 Å². The van der Waals surface area contributed by atoms with Gasteiger partial charge in [0.25, 0.3) is 0 Å². The summed E-state index contributed by atoms with van der Waals surface area (Å²) in [6, 6.07) is 4.15. The number of benzene rings is 1. The molecule has 0 spiro atoms. The van der Waals surface area contributed by atoms with Crippen molar-refractivity contribution in [3.05, 3.63) is 29.6 Å². The first-order valence-electron chi connectivity index (χ1n) is 6.92. The Balaban J connectivity index is 1.78. The summed E-state index contributed by atoms with van der Waals surface area (Å²) in [5, 5.41) is 0. The van der Waals surface area contributed by atoms with Crippen LogP contribution in [-0.4, -0.2) is 25.0 Å². The molecule has 2 fully saturated rings. The average molecular weight is 277 g/mol. The summed E-state index contributed by atoms with van der Waals surface area (Å²) in [5.74, 6) is -0.816. The molecule has 1 heterocycles. The number of amides is 1. The van der Waals surface area contributed by atoms with Crippen LogP contribution in [0.1, 0.15) is 36.0 Å². The van der Waals surface area contributed by atoms with Crippen molar-refractivity contribution < 1.29 is 18.7 Å². The van der Waals surface area contributed by atoms with Gasteiger partial charge < -0.3 is 9.64 Å². The van der Waals surface area contributed by atoms with Crippen LogP contribution in [0.15, 0.2) is 18.2 Å². The van der Waals surface area contributed by atoms with Gasteiger partial charge in [-0.3, -0.25) is 4.79 Å². The smallest absolute Gasteiger partial charge is 0.341 e. The zero-order valence-corrected chi connectivity index (χ0v) is 11.1. The van der Waals surface area contributed by atoms with Gasteiger partial charge in [-0.15, -0.1) is 0 Å². The third-order valence-electron chi connectivity index (χ3n) is 3.70. The quantitative estimate of drug-likeness (QED) is 0.794. The zero-order valence-electron chi connectivity index (χ0n) is 11.1. The van der Waals surface area contributed by atoms with Crippen molar-refractivity contribution in [2.75, 3.05) is 18.1 Å². The van der Waals surface area contributed by atoms with Crippen LogP contribution in [0.5, 0.6) is 0 Å². The lowest BCUT2D eigenvalue weighted by Crippen LogP contribution is -2.24. The van der Waals surface area contributed by atoms with Crippen LogP contribution in [-0.2, 0) is 9.53 Å². The molecule has 0 N–H and O–H groups in total. The largest absolute Gasteiger partial charge is 0.462 e. The molecule has 0 atom stereocenters. The van der Waals surface area contributed by atoms with Crippen LogP contribution in [0, 0.1) is 11.7 Å². The molecule has 3 rings (SSSR count). The van der Waals surface area contributed by atoms with Gasteiger partial charge in [-0.2, -0.15) is 0 Å². The van der Waals surface area contributed by atoms with E-state index in [2.05, 4.69) is 0 Å². The van der Waals surface area contributed by atoms with Gasteiger partial charge in [0.05, 0.1) is 12.2 Å². The van der Waals surface area contributed by atoms with E-state index in [-0.39, 0.29) is 11.5 Å². The highest BCUT2D eigenvalue weighted by molar-refractivity contribution is 5.97. The maximum atomic E-state index is 13.7. The molecule has 1 aromatic rings. The van der Waals surface area contributed by atoms with Crippen molar-refractivity contribution in [1.82, 2.24) is 0 Å². The molecule has 1 aliphatic carbocycles. The number of halogens is 1. The van der Waals surface area contributed by atoms with Crippen molar-refractivity contribution in [3.8, 4) is 0 Å². The Morgan fingerprint density at radius 2 is 2.20 bits per heavy atom. The highest BCUT2D eigenvalue weighted by Crippen LogP contribution is 2.29. The first kappa shape index (κ1) is 13.1. The fourth-order valence-corrected chi connectivity index (χ4v) is 2.31. The monoisotopic (exact) mass is 277 g/mol. The standard InChI is InChI=1S/C15H16FNO3/c16-13-6-5-11(17-7-1-2-14(17)18)8-12(13)15(19)20-9-10-3-4-10/h5-6,8,10H,1-4,7,9H2. The normalized spacial score (nSPS) is 18.4. The minimum Gasteiger partial charge on any atom is -0.462 e. The van der Waals surface area contributed by atoms with Gasteiger partial charge in [-0.25, -0.2) is 9.18 Å². The number of rotatable bonds is 4. The highest BCUT2D eigenvalue weighted by Gasteiger charge is 2.26. The Kier molecular flexibility index (Phi) is 3.42. The van der Waals surface area contributed by atoms with Gasteiger partial charge >= 0.3 is 5.97 Å². The van der Waals surface area contributed by atoms with E-state index in [1.54, 1.807) is 4.90 Å². The van der Waals surface area contributed by atoms with Crippen molar-refractivity contribution in [2.24, 2.45) is 5.92 Å². The number of carbonyl (C=O) groups is 2. The van der Waals surface area contributed by atoms with Crippen molar-refractivity contribution in [3.63, 3.8) is 0 Å². The summed E-state index contributed by atoms with van der Waals surface area (Å²) < 4.78 is 18.8. The number of carbonyl (C=O) groups excluding carboxylic acids is 2. The lowest BCUT2D eigenvalue weighted by Gasteiger charge is -2.16. The molecular weight excluding hydrogens is 261 g/mol. The first-order valence-corrected chi connectivity index (χ1v) is 6.92. The summed E-state index contributed by atoms with van der Waals surface area (Å²) in [6.45, 7) is 0.964. The van der Waals surface area contributed by atoms with Gasteiger partial charge in [0.2, 0.25) is 5.91 Å². The van der Waals surface area contributed by atoms with E-state index >= 15 is 0 Å². The maximum Gasteiger partial charge on any atom is 0.341 e. The lowest BCUT2D eigenvalue weighted by atomic mass is 10.1. The van der Waals surface area contributed by atoms with E-state index in [4.69, 9.17) is 4.74 Å². The molecule has 1 saturated heterocycles. The van der Waals surface area contributed by atoms with E-state index in [1.807, 2.05) is 0 Å². The SMILES string of the molecule is O=C(OCC1CC1)c1cc(N2CCCC2=O)ccc1F. The maximum absolute atomic E-state index is 13.7. The van der Waals surface area contributed by atoms with E-state index in [0.29, 0.717) is 31.2 Å². The first-order chi connectivity index (χ1) is 9.65. The van der Waals surface area contributed by atoms with Crippen molar-refractivity contribution in [1.29, 1.82) is 0 Å². The summed E-state index contributed by atoms with van der Waals surface area (Å²) in [7, 11) is 0. The number of hydrogen-bond acceptors (Lipinski definition) is 3. The van der Waals surface area contributed by atoms with Gasteiger partial charge in [-0.1, -0.05) is 0 Å². The van der Waals surface area contributed by atoms with Gasteiger partial charge in [-0.05, 0) is 43.4 Å². The number of hydrogen-bond donors (Lipinski definition) is 0. The summed E-state index contributed by atoms with van der Waals surface area (Å²) in [4.78, 5) is 25.1. The molecule has 1 aliphatic heterocycles. The number of esters is 1. The fourth-order valence-electron chi connectivity index (χ4n) is 2.31. The Morgan fingerprint density at radius 1 is 1.40 bits per heavy atom. The van der Waals surface area contributed by atoms with E-state index in [9.17, 15) is 14.0 Å². The Morgan fingerprint density at radius 3 is 2.85 bits per heavy atom. The molecule has 106 valence electrons. The minimum atomic E-state index is -0.650. The van der Waals surface area contributed by atoms with Crippen LogP contribution < -0.4 is 4.90 Å². The van der Waals surface area contributed by atoms with E-state index in [0.717, 1.165) is 19.3 Å². The zero-order chi connectivity index (χ0) is 14.1. The van der Waals surface area contributed by atoms with Crippen LogP contribution in [0.25, 0.3) is 0 Å². The molecule has 0 radical (unpaired) electrons. The minimum absolute atomic E-state index is 0.00825. The molecule has 2 aliphatic rings. The number of ether oxygens (including phenoxy) is 1. The summed E-state index contributed by atoms with van der Waals surface area (Å²) in [5.41, 5.74) is 0.468. The van der Waals surface area contributed by atoms with Crippen molar-refractivity contribution >= 4 is 17.6 Å². The summed E-state index contributed by atoms with van der Waals surface area (Å²) >= 11 is 0. The Bertz CT molecular complexity index is 554. The van der Waals surface area contributed by atoms with Crippen LogP contribution in [0.3, 0.4) is 0 Å². The number of nitrogens with zero attached hydrogens (tertiary/aromatic N) is 1. The molecule has 4 nitrogen and oxygen atoms in total. The Labute approximate surface area is 116 Å². The summed E-state index contributed by atoms with van der Waals surface area (Å²) in [6.07, 6.45) is 3.42. The predicted octanol–water partition coefficient (Wildman–Crippen LogP) is 2.52. The highest BCUT2D eigenvalue weighted by atomic mass is 19.1. The lowest BCUT2D eigenvalue weighted by molar-refractivity contribution is -0.117. The third-order valence-corrected chi connectivity index (χ3v) is 3.70. The van der Waals surface area contributed by atoms with E-state index < -0.39 is 11.8 Å². The molecular formula is C15H16FNO3. The second kappa shape index (κ2) is 5.23. The van der Waals surface area contributed by atoms with E-state index in [1.165, 1.54) is 18.2 Å². The van der Waals surface area contributed by atoms with Crippen LogP contribution in [0.4, 0.5) is 10.1 Å². The molecule has 1 saturated carbocycles. The second-order valence-corrected chi connectivity index (χ2v) is 5.35. The van der Waals surface area contributed by atoms with Gasteiger partial charge in [0.15, 0.2) is 0 Å². The van der Waals surface area contributed by atoms with Crippen molar-refractivity contribution in [2.45, 2.75) is 25.7 Å². The molecule has 1 aromatic carbocycles. The third kappa shape index (κ3) is 2.66. The molecule has 0 bridgehead atoms. The fraction of sp³-hybridized carbons (Fsp3) is 0.467. The van der Waals surface area contributed by atoms with Gasteiger partial charge in [0.1, 0.15) is 5.82 Å². The molecule has 0 unspecified atom stereocenters. The van der Waals surface area contributed by atoms with Crippen LogP contribution >= 0.6 is 0 Å². The van der Waals surface area contributed by atoms with Crippen LogP contribution in [0.2, 0.25) is 0 Å². The predicted molar refractivity (Wildman–Crippen MR) is 71.0 cm³/mol. The number of anilines is 1. The topological polar surface area (TPSA) is 46.6 Å². The molecule has 20 heavy (non-hydrogen) atoms.